The molecule has 9 heteroatoms. The first kappa shape index (κ1) is 24.1. The Morgan fingerprint density at radius 1 is 1.15 bits per heavy atom. The van der Waals surface area contributed by atoms with Crippen molar-refractivity contribution in [3.63, 3.8) is 0 Å². The smallest absolute Gasteiger partial charge is 0.407 e. The summed E-state index contributed by atoms with van der Waals surface area (Å²) in [7, 11) is 0. The maximum atomic E-state index is 11.6. The summed E-state index contributed by atoms with van der Waals surface area (Å²) in [6.45, 7) is 2.86. The minimum absolute atomic E-state index is 0.0775. The number of carbonyl (C=O) groups excluding carboxylic acids is 2. The third-order valence-electron chi connectivity index (χ3n) is 3.42. The standard InChI is InChI=1S/C17H30N2O7/c1-3-5-6-12(4-2)11-26-17(25)19-10-15(23)18-9-14(22)16(24)13(21)7-8-20/h4-6,13-14,16,20-22,24H,3,7-11H2,1-2H3,(H,18,23)(H,19,25)/b6-5-,12-4+. The van der Waals surface area contributed by atoms with Crippen molar-refractivity contribution in [1.82, 2.24) is 10.6 Å². The van der Waals surface area contributed by atoms with Crippen LogP contribution < -0.4 is 10.6 Å². The van der Waals surface area contributed by atoms with Crippen molar-refractivity contribution in [2.45, 2.75) is 45.0 Å². The second kappa shape index (κ2) is 14.3. The third kappa shape index (κ3) is 10.8. The third-order valence-corrected chi connectivity index (χ3v) is 3.42. The SMILES string of the molecule is C/C=C(\C=C/CC)COC(=O)NCC(=O)NCC(O)C(O)C(O)CCO. The van der Waals surface area contributed by atoms with Gasteiger partial charge in [-0.2, -0.15) is 0 Å². The Balaban J connectivity index is 4.07. The number of aliphatic hydroxyl groups is 4. The average molecular weight is 374 g/mol. The molecule has 150 valence electrons. The molecule has 6 N–H and O–H groups in total. The van der Waals surface area contributed by atoms with Crippen molar-refractivity contribution in [2.24, 2.45) is 0 Å². The van der Waals surface area contributed by atoms with Gasteiger partial charge in [-0.15, -0.1) is 0 Å². The molecule has 0 radical (unpaired) electrons. The van der Waals surface area contributed by atoms with Crippen molar-refractivity contribution in [1.29, 1.82) is 0 Å². The molecular weight excluding hydrogens is 344 g/mol. The largest absolute Gasteiger partial charge is 0.445 e. The van der Waals surface area contributed by atoms with Gasteiger partial charge in [-0.1, -0.05) is 25.2 Å². The second-order valence-electron chi connectivity index (χ2n) is 5.55. The highest BCUT2D eigenvalue weighted by molar-refractivity contribution is 5.82. The molecule has 0 aromatic rings. The van der Waals surface area contributed by atoms with E-state index in [-0.39, 0.29) is 32.7 Å². The van der Waals surface area contributed by atoms with E-state index in [1.807, 2.05) is 32.1 Å². The lowest BCUT2D eigenvalue weighted by Gasteiger charge is -2.22. The van der Waals surface area contributed by atoms with Gasteiger partial charge in [0, 0.05) is 13.2 Å². The minimum Gasteiger partial charge on any atom is -0.445 e. The highest BCUT2D eigenvalue weighted by Crippen LogP contribution is 2.03. The topological polar surface area (TPSA) is 148 Å². The highest BCUT2D eigenvalue weighted by atomic mass is 16.5. The number of hydrogen-bond acceptors (Lipinski definition) is 7. The van der Waals surface area contributed by atoms with Gasteiger partial charge >= 0.3 is 6.09 Å². The van der Waals surface area contributed by atoms with Gasteiger partial charge in [0.2, 0.25) is 5.91 Å². The van der Waals surface area contributed by atoms with E-state index in [1.54, 1.807) is 0 Å². The summed E-state index contributed by atoms with van der Waals surface area (Å²) >= 11 is 0. The number of nitrogens with one attached hydrogen (secondary N) is 2. The van der Waals surface area contributed by atoms with Crippen LogP contribution in [0, 0.1) is 0 Å². The van der Waals surface area contributed by atoms with E-state index < -0.39 is 30.3 Å². The molecule has 0 fully saturated rings. The van der Waals surface area contributed by atoms with E-state index in [0.717, 1.165) is 12.0 Å². The van der Waals surface area contributed by atoms with Gasteiger partial charge in [0.15, 0.2) is 0 Å². The van der Waals surface area contributed by atoms with Gasteiger partial charge in [0.25, 0.3) is 0 Å². The Morgan fingerprint density at radius 3 is 2.42 bits per heavy atom. The van der Waals surface area contributed by atoms with Crippen LogP contribution in [-0.4, -0.2) is 77.0 Å². The molecule has 0 bridgehead atoms. The molecule has 0 rings (SSSR count). The maximum Gasteiger partial charge on any atom is 0.407 e. The summed E-state index contributed by atoms with van der Waals surface area (Å²) in [6, 6.07) is 0. The van der Waals surface area contributed by atoms with Crippen LogP contribution in [0.3, 0.4) is 0 Å². The number of carbonyl (C=O) groups is 2. The summed E-state index contributed by atoms with van der Waals surface area (Å²) in [4.78, 5) is 23.1. The summed E-state index contributed by atoms with van der Waals surface area (Å²) in [6.07, 6.45) is 1.38. The number of hydrogen-bond donors (Lipinski definition) is 6. The predicted molar refractivity (Wildman–Crippen MR) is 95.3 cm³/mol. The molecule has 0 aliphatic carbocycles. The summed E-state index contributed by atoms with van der Waals surface area (Å²) < 4.78 is 4.97. The second-order valence-corrected chi connectivity index (χ2v) is 5.55. The molecule has 26 heavy (non-hydrogen) atoms. The van der Waals surface area contributed by atoms with Crippen LogP contribution in [0.25, 0.3) is 0 Å². The zero-order valence-electron chi connectivity index (χ0n) is 15.2. The lowest BCUT2D eigenvalue weighted by Crippen LogP contribution is -2.46. The molecule has 0 heterocycles. The van der Waals surface area contributed by atoms with Crippen molar-refractivity contribution in [2.75, 3.05) is 26.3 Å². The Labute approximate surface area is 153 Å². The summed E-state index contributed by atoms with van der Waals surface area (Å²) in [5.74, 6) is -0.595. The fourth-order valence-corrected chi connectivity index (χ4v) is 1.81. The summed E-state index contributed by atoms with van der Waals surface area (Å²) in [5.41, 5.74) is 0.824. The molecule has 3 atom stereocenters. The number of allylic oxidation sites excluding steroid dienone is 2. The Morgan fingerprint density at radius 2 is 1.85 bits per heavy atom. The molecular formula is C17H30N2O7. The van der Waals surface area contributed by atoms with Crippen LogP contribution >= 0.6 is 0 Å². The van der Waals surface area contributed by atoms with Crippen LogP contribution in [0.2, 0.25) is 0 Å². The Hall–Kier alpha value is -1.94. The Bertz CT molecular complexity index is 480. The lowest BCUT2D eigenvalue weighted by atomic mass is 10.1. The fourth-order valence-electron chi connectivity index (χ4n) is 1.81. The lowest BCUT2D eigenvalue weighted by molar-refractivity contribution is -0.121. The first-order chi connectivity index (χ1) is 12.3. The van der Waals surface area contributed by atoms with Gasteiger partial charge in [0.1, 0.15) is 12.7 Å². The molecule has 0 saturated heterocycles. The van der Waals surface area contributed by atoms with Gasteiger partial charge in [0.05, 0.1) is 18.8 Å². The molecule has 3 unspecified atom stereocenters. The van der Waals surface area contributed by atoms with Crippen LogP contribution in [0.4, 0.5) is 4.79 Å². The van der Waals surface area contributed by atoms with Gasteiger partial charge < -0.3 is 35.8 Å². The highest BCUT2D eigenvalue weighted by Gasteiger charge is 2.24. The van der Waals surface area contributed by atoms with Crippen LogP contribution in [0.15, 0.2) is 23.8 Å². The number of rotatable bonds is 12. The molecule has 0 aromatic carbocycles. The zero-order valence-corrected chi connectivity index (χ0v) is 15.2. The van der Waals surface area contributed by atoms with E-state index in [9.17, 15) is 24.9 Å². The minimum atomic E-state index is -1.50. The van der Waals surface area contributed by atoms with E-state index >= 15 is 0 Å². The molecule has 0 saturated carbocycles. The molecule has 9 nitrogen and oxygen atoms in total. The molecule has 0 aliphatic rings. The number of ether oxygens (including phenoxy) is 1. The van der Waals surface area contributed by atoms with Crippen LogP contribution in [0.5, 0.6) is 0 Å². The average Bonchev–Trinajstić information content (AvgIpc) is 2.63. The maximum absolute atomic E-state index is 11.6. The molecule has 0 spiro atoms. The Kier molecular flexibility index (Phi) is 13.2. The fraction of sp³-hybridized carbons (Fsp3) is 0.647. The van der Waals surface area contributed by atoms with Gasteiger partial charge in [-0.25, -0.2) is 4.79 Å². The zero-order chi connectivity index (χ0) is 19.9. The first-order valence-electron chi connectivity index (χ1n) is 8.49. The van der Waals surface area contributed by atoms with Gasteiger partial charge in [-0.05, 0) is 25.3 Å². The molecule has 2 amide bonds. The van der Waals surface area contributed by atoms with Crippen molar-refractivity contribution in [3.05, 3.63) is 23.8 Å². The van der Waals surface area contributed by atoms with Crippen LogP contribution in [-0.2, 0) is 9.53 Å². The van der Waals surface area contributed by atoms with Crippen LogP contribution in [0.1, 0.15) is 26.7 Å². The first-order valence-corrected chi connectivity index (χ1v) is 8.49. The number of amides is 2. The monoisotopic (exact) mass is 374 g/mol. The quantitative estimate of drug-likeness (QED) is 0.245. The molecule has 0 aliphatic heterocycles. The van der Waals surface area contributed by atoms with E-state index in [1.165, 1.54) is 0 Å². The molecule has 0 aromatic heterocycles. The van der Waals surface area contributed by atoms with E-state index in [0.29, 0.717) is 0 Å². The van der Waals surface area contributed by atoms with E-state index in [2.05, 4.69) is 10.6 Å². The van der Waals surface area contributed by atoms with Crippen molar-refractivity contribution >= 4 is 12.0 Å². The van der Waals surface area contributed by atoms with Crippen molar-refractivity contribution in [3.8, 4) is 0 Å². The number of aliphatic hydroxyl groups excluding tert-OH is 4. The van der Waals surface area contributed by atoms with E-state index in [4.69, 9.17) is 9.84 Å². The van der Waals surface area contributed by atoms with Crippen molar-refractivity contribution < 1.29 is 34.8 Å². The van der Waals surface area contributed by atoms with Gasteiger partial charge in [-0.3, -0.25) is 4.79 Å². The normalized spacial score (nSPS) is 15.4. The number of alkyl carbamates (subject to hydrolysis) is 1. The summed E-state index contributed by atoms with van der Waals surface area (Å²) in [5, 5.41) is 41.9. The predicted octanol–water partition coefficient (Wildman–Crippen LogP) is -0.794.